The van der Waals surface area contributed by atoms with E-state index in [0.29, 0.717) is 30.2 Å². The Morgan fingerprint density at radius 2 is 2.20 bits per heavy atom. The molecule has 0 N–H and O–H groups in total. The van der Waals surface area contributed by atoms with E-state index in [1.807, 2.05) is 36.5 Å². The predicted molar refractivity (Wildman–Crippen MR) is 91.3 cm³/mol. The van der Waals surface area contributed by atoms with Gasteiger partial charge in [0.2, 0.25) is 0 Å². The monoisotopic (exact) mass is 340 g/mol. The number of hydrogen-bond donors (Lipinski definition) is 0. The summed E-state index contributed by atoms with van der Waals surface area (Å²) in [4.78, 5) is 14.3. The van der Waals surface area contributed by atoms with E-state index in [9.17, 15) is 4.79 Å². The third kappa shape index (κ3) is 3.61. The van der Waals surface area contributed by atoms with Gasteiger partial charge in [0, 0.05) is 33.1 Å². The maximum absolute atomic E-state index is 12.7. The van der Waals surface area contributed by atoms with Crippen molar-refractivity contribution in [2.24, 2.45) is 0 Å². The highest BCUT2D eigenvalue weighted by atomic mass is 16.5. The fourth-order valence-corrected chi connectivity index (χ4v) is 2.62. The molecule has 0 saturated heterocycles. The van der Waals surface area contributed by atoms with Crippen LogP contribution in [0.5, 0.6) is 0 Å². The highest BCUT2D eigenvalue weighted by molar-refractivity contribution is 5.93. The second-order valence-electron chi connectivity index (χ2n) is 5.78. The molecule has 0 fully saturated rings. The van der Waals surface area contributed by atoms with E-state index >= 15 is 0 Å². The molecule has 2 aromatic heterocycles. The third-order valence-corrected chi connectivity index (χ3v) is 3.92. The predicted octanol–water partition coefficient (Wildman–Crippen LogP) is 2.59. The number of methoxy groups -OCH3 is 1. The molecule has 0 aliphatic heterocycles. The maximum Gasteiger partial charge on any atom is 0.276 e. The summed E-state index contributed by atoms with van der Waals surface area (Å²) >= 11 is 0. The molecule has 0 atom stereocenters. The smallest absolute Gasteiger partial charge is 0.276 e. The van der Waals surface area contributed by atoms with Crippen molar-refractivity contribution in [3.8, 4) is 5.69 Å². The molecule has 0 bridgehead atoms. The van der Waals surface area contributed by atoms with Gasteiger partial charge in [0.05, 0.1) is 17.9 Å². The lowest BCUT2D eigenvalue weighted by Crippen LogP contribution is -2.27. The molecule has 3 aromatic rings. The zero-order chi connectivity index (χ0) is 17.8. The van der Waals surface area contributed by atoms with Crippen LogP contribution in [0, 0.1) is 6.92 Å². The first-order valence-corrected chi connectivity index (χ1v) is 7.88. The number of rotatable bonds is 6. The van der Waals surface area contributed by atoms with Gasteiger partial charge in [-0.15, -0.1) is 0 Å². The molecule has 7 heteroatoms. The van der Waals surface area contributed by atoms with Crippen molar-refractivity contribution >= 4 is 5.91 Å². The molecule has 1 aromatic carbocycles. The molecule has 0 aliphatic carbocycles. The number of hydrogen-bond acceptors (Lipinski definition) is 5. The summed E-state index contributed by atoms with van der Waals surface area (Å²) in [5.74, 6) is 0.396. The van der Waals surface area contributed by atoms with Crippen molar-refractivity contribution < 1.29 is 14.1 Å². The van der Waals surface area contributed by atoms with Crippen LogP contribution in [-0.2, 0) is 17.9 Å². The van der Waals surface area contributed by atoms with Gasteiger partial charge in [0.1, 0.15) is 5.76 Å². The fraction of sp³-hybridized carbons (Fsp3) is 0.278. The molecule has 7 nitrogen and oxygen atoms in total. The van der Waals surface area contributed by atoms with Crippen molar-refractivity contribution in [3.05, 3.63) is 65.3 Å². The summed E-state index contributed by atoms with van der Waals surface area (Å²) < 4.78 is 12.1. The van der Waals surface area contributed by atoms with Crippen molar-refractivity contribution in [1.82, 2.24) is 19.8 Å². The standard InChI is InChI=1S/C18H20N4O3/c1-13-16(12-24-3)17(20-25-13)18(23)21(2)11-14-6-4-7-15(10-14)22-9-5-8-19-22/h4-10H,11-12H2,1-3H3. The normalized spacial score (nSPS) is 10.8. The summed E-state index contributed by atoms with van der Waals surface area (Å²) in [5, 5.41) is 8.12. The van der Waals surface area contributed by atoms with Gasteiger partial charge in [-0.1, -0.05) is 17.3 Å². The van der Waals surface area contributed by atoms with Gasteiger partial charge in [-0.3, -0.25) is 4.79 Å². The van der Waals surface area contributed by atoms with Crippen LogP contribution in [-0.4, -0.2) is 39.9 Å². The van der Waals surface area contributed by atoms with Crippen LogP contribution in [0.1, 0.15) is 27.4 Å². The second-order valence-corrected chi connectivity index (χ2v) is 5.78. The van der Waals surface area contributed by atoms with Crippen LogP contribution < -0.4 is 0 Å². The molecule has 1 amide bonds. The summed E-state index contributed by atoms with van der Waals surface area (Å²) in [6, 6.07) is 9.76. The lowest BCUT2D eigenvalue weighted by molar-refractivity contribution is 0.0770. The Morgan fingerprint density at radius 1 is 1.36 bits per heavy atom. The van der Waals surface area contributed by atoms with Gasteiger partial charge >= 0.3 is 0 Å². The van der Waals surface area contributed by atoms with Gasteiger partial charge in [0.25, 0.3) is 5.91 Å². The molecule has 2 heterocycles. The Bertz CT molecular complexity index is 855. The Kier molecular flexibility index (Phi) is 4.95. The van der Waals surface area contributed by atoms with Crippen LogP contribution >= 0.6 is 0 Å². The van der Waals surface area contributed by atoms with E-state index < -0.39 is 0 Å². The average Bonchev–Trinajstić information content (AvgIpc) is 3.26. The first kappa shape index (κ1) is 16.9. The minimum Gasteiger partial charge on any atom is -0.380 e. The number of nitrogens with zero attached hydrogens (tertiary/aromatic N) is 4. The number of carbonyl (C=O) groups excluding carboxylic acids is 1. The van der Waals surface area contributed by atoms with Crippen LogP contribution in [0.4, 0.5) is 0 Å². The second kappa shape index (κ2) is 7.31. The molecular weight excluding hydrogens is 320 g/mol. The zero-order valence-corrected chi connectivity index (χ0v) is 14.5. The molecule has 130 valence electrons. The number of aromatic nitrogens is 3. The number of aryl methyl sites for hydroxylation is 1. The number of amides is 1. The summed E-state index contributed by atoms with van der Waals surface area (Å²) in [5.41, 5.74) is 2.92. The first-order valence-electron chi connectivity index (χ1n) is 7.88. The summed E-state index contributed by atoms with van der Waals surface area (Å²) in [6.07, 6.45) is 3.61. The maximum atomic E-state index is 12.7. The fourth-order valence-electron chi connectivity index (χ4n) is 2.62. The Balaban J connectivity index is 1.77. The first-order chi connectivity index (χ1) is 12.1. The van der Waals surface area contributed by atoms with Crippen molar-refractivity contribution in [1.29, 1.82) is 0 Å². The van der Waals surface area contributed by atoms with E-state index in [1.54, 1.807) is 36.9 Å². The van der Waals surface area contributed by atoms with Crippen LogP contribution in [0.2, 0.25) is 0 Å². The van der Waals surface area contributed by atoms with E-state index in [1.165, 1.54) is 0 Å². The van der Waals surface area contributed by atoms with Gasteiger partial charge in [-0.25, -0.2) is 4.68 Å². The van der Waals surface area contributed by atoms with Gasteiger partial charge < -0.3 is 14.2 Å². The number of ether oxygens (including phenoxy) is 1. The quantitative estimate of drug-likeness (QED) is 0.689. The molecule has 0 saturated carbocycles. The minimum absolute atomic E-state index is 0.201. The molecule has 0 radical (unpaired) electrons. The SMILES string of the molecule is COCc1c(C(=O)N(C)Cc2cccc(-n3cccn3)c2)noc1C. The summed E-state index contributed by atoms with van der Waals surface area (Å²) in [7, 11) is 3.31. The topological polar surface area (TPSA) is 73.4 Å². The lowest BCUT2D eigenvalue weighted by Gasteiger charge is -2.17. The highest BCUT2D eigenvalue weighted by Crippen LogP contribution is 2.18. The minimum atomic E-state index is -0.201. The van der Waals surface area contributed by atoms with Gasteiger partial charge in [-0.05, 0) is 30.7 Å². The molecular formula is C18H20N4O3. The Labute approximate surface area is 145 Å². The van der Waals surface area contributed by atoms with E-state index in [2.05, 4.69) is 10.3 Å². The van der Waals surface area contributed by atoms with Gasteiger partial charge in [0.15, 0.2) is 5.69 Å². The zero-order valence-electron chi connectivity index (χ0n) is 14.5. The van der Waals surface area contributed by atoms with Crippen molar-refractivity contribution in [3.63, 3.8) is 0 Å². The molecule has 0 unspecified atom stereocenters. The van der Waals surface area contributed by atoms with Crippen LogP contribution in [0.25, 0.3) is 5.69 Å². The molecule has 0 spiro atoms. The average molecular weight is 340 g/mol. The molecule has 3 rings (SSSR count). The van der Waals surface area contributed by atoms with Crippen LogP contribution in [0.15, 0.2) is 47.2 Å². The molecule has 25 heavy (non-hydrogen) atoms. The Morgan fingerprint density at radius 3 is 2.92 bits per heavy atom. The number of benzene rings is 1. The van der Waals surface area contributed by atoms with Gasteiger partial charge in [-0.2, -0.15) is 5.10 Å². The van der Waals surface area contributed by atoms with Crippen molar-refractivity contribution in [2.75, 3.05) is 14.2 Å². The van der Waals surface area contributed by atoms with Crippen molar-refractivity contribution in [2.45, 2.75) is 20.1 Å². The lowest BCUT2D eigenvalue weighted by atomic mass is 10.1. The van der Waals surface area contributed by atoms with E-state index in [4.69, 9.17) is 9.26 Å². The largest absolute Gasteiger partial charge is 0.380 e. The highest BCUT2D eigenvalue weighted by Gasteiger charge is 2.22. The summed E-state index contributed by atoms with van der Waals surface area (Å²) in [6.45, 7) is 2.51. The van der Waals surface area contributed by atoms with E-state index in [-0.39, 0.29) is 5.91 Å². The Hall–Kier alpha value is -2.93. The van der Waals surface area contributed by atoms with Crippen LogP contribution in [0.3, 0.4) is 0 Å². The third-order valence-electron chi connectivity index (χ3n) is 3.92. The number of carbonyl (C=O) groups is 1. The molecule has 0 aliphatic rings. The van der Waals surface area contributed by atoms with E-state index in [0.717, 1.165) is 11.3 Å².